The number of hydrogen-bond acceptors (Lipinski definition) is 4. The van der Waals surface area contributed by atoms with Crippen molar-refractivity contribution in [3.8, 4) is 0 Å². The summed E-state index contributed by atoms with van der Waals surface area (Å²) in [5.74, 6) is 0.0882. The van der Waals surface area contributed by atoms with Crippen molar-refractivity contribution in [2.45, 2.75) is 6.04 Å². The van der Waals surface area contributed by atoms with Crippen LogP contribution in [0, 0.1) is 0 Å². The molecule has 90 valence electrons. The maximum absolute atomic E-state index is 12.0. The van der Waals surface area contributed by atoms with Gasteiger partial charge in [-0.1, -0.05) is 0 Å². The summed E-state index contributed by atoms with van der Waals surface area (Å²) in [5, 5.41) is 3.14. The molecule has 1 atom stereocenters. The van der Waals surface area contributed by atoms with Crippen LogP contribution in [0.15, 0.2) is 0 Å². The predicted molar refractivity (Wildman–Crippen MR) is 56.8 cm³/mol. The Morgan fingerprint density at radius 3 is 2.62 bits per heavy atom. The zero-order valence-electron chi connectivity index (χ0n) is 9.22. The van der Waals surface area contributed by atoms with Crippen LogP contribution in [0.25, 0.3) is 0 Å². The van der Waals surface area contributed by atoms with Gasteiger partial charge in [0.2, 0.25) is 12.3 Å². The van der Waals surface area contributed by atoms with E-state index >= 15 is 0 Å². The van der Waals surface area contributed by atoms with Gasteiger partial charge < -0.3 is 19.9 Å². The normalized spacial score (nSPS) is 26.6. The van der Waals surface area contributed by atoms with Gasteiger partial charge in [-0.3, -0.25) is 9.59 Å². The van der Waals surface area contributed by atoms with Crippen LogP contribution in [0.2, 0.25) is 0 Å². The van der Waals surface area contributed by atoms with Gasteiger partial charge in [-0.15, -0.1) is 0 Å². The number of carbonyl (C=O) groups excluding carboxylic acids is 2. The molecule has 0 bridgehead atoms. The molecule has 0 aliphatic carbocycles. The van der Waals surface area contributed by atoms with Crippen molar-refractivity contribution in [3.63, 3.8) is 0 Å². The molecule has 2 fully saturated rings. The minimum atomic E-state index is -0.212. The zero-order chi connectivity index (χ0) is 11.4. The number of morpholine rings is 1. The average molecular weight is 227 g/mol. The molecule has 2 amide bonds. The number of nitrogens with zero attached hydrogens (tertiary/aromatic N) is 2. The van der Waals surface area contributed by atoms with Gasteiger partial charge in [0.1, 0.15) is 6.04 Å². The monoisotopic (exact) mass is 227 g/mol. The second-order valence-electron chi connectivity index (χ2n) is 4.05. The molecule has 0 radical (unpaired) electrons. The van der Waals surface area contributed by atoms with Crippen LogP contribution in [0.4, 0.5) is 0 Å². The van der Waals surface area contributed by atoms with Gasteiger partial charge >= 0.3 is 0 Å². The lowest BCUT2D eigenvalue weighted by Gasteiger charge is -2.35. The Morgan fingerprint density at radius 2 is 2.06 bits per heavy atom. The first-order valence-corrected chi connectivity index (χ1v) is 5.60. The molecule has 0 saturated carbocycles. The molecule has 0 spiro atoms. The third kappa shape index (κ3) is 2.51. The minimum Gasteiger partial charge on any atom is -0.378 e. The van der Waals surface area contributed by atoms with E-state index in [0.29, 0.717) is 39.4 Å². The molecule has 2 aliphatic heterocycles. The Bertz CT molecular complexity index is 258. The highest BCUT2D eigenvalue weighted by Crippen LogP contribution is 2.04. The van der Waals surface area contributed by atoms with E-state index in [1.54, 1.807) is 9.80 Å². The fraction of sp³-hybridized carbons (Fsp3) is 0.800. The highest BCUT2D eigenvalue weighted by atomic mass is 16.5. The van der Waals surface area contributed by atoms with Gasteiger partial charge in [-0.2, -0.15) is 0 Å². The molecular weight excluding hydrogens is 210 g/mol. The van der Waals surface area contributed by atoms with Crippen LogP contribution in [-0.4, -0.2) is 74.1 Å². The number of amides is 2. The number of nitrogens with one attached hydrogen (secondary N) is 1. The van der Waals surface area contributed by atoms with Crippen LogP contribution in [-0.2, 0) is 14.3 Å². The van der Waals surface area contributed by atoms with Gasteiger partial charge in [0.15, 0.2) is 0 Å². The van der Waals surface area contributed by atoms with Crippen molar-refractivity contribution in [1.82, 2.24) is 15.1 Å². The van der Waals surface area contributed by atoms with Gasteiger partial charge in [0, 0.05) is 32.7 Å². The highest BCUT2D eigenvalue weighted by molar-refractivity contribution is 5.82. The van der Waals surface area contributed by atoms with E-state index < -0.39 is 0 Å². The summed E-state index contributed by atoms with van der Waals surface area (Å²) in [7, 11) is 0. The summed E-state index contributed by atoms with van der Waals surface area (Å²) in [4.78, 5) is 26.0. The van der Waals surface area contributed by atoms with Crippen molar-refractivity contribution >= 4 is 12.3 Å². The van der Waals surface area contributed by atoms with Crippen LogP contribution in [0.5, 0.6) is 0 Å². The Labute approximate surface area is 94.5 Å². The fourth-order valence-corrected chi connectivity index (χ4v) is 1.99. The van der Waals surface area contributed by atoms with E-state index in [2.05, 4.69) is 5.32 Å². The molecule has 6 nitrogen and oxygen atoms in total. The summed E-state index contributed by atoms with van der Waals surface area (Å²) in [6.45, 7) is 4.34. The molecule has 1 N–H and O–H groups in total. The summed E-state index contributed by atoms with van der Waals surface area (Å²) in [6, 6.07) is -0.212. The van der Waals surface area contributed by atoms with E-state index in [1.165, 1.54) is 0 Å². The number of carbonyl (C=O) groups is 2. The lowest BCUT2D eigenvalue weighted by atomic mass is 10.2. The van der Waals surface area contributed by atoms with E-state index in [4.69, 9.17) is 4.74 Å². The molecule has 0 aromatic heterocycles. The number of ether oxygens (including phenoxy) is 1. The van der Waals surface area contributed by atoms with Crippen LogP contribution < -0.4 is 5.32 Å². The smallest absolute Gasteiger partial charge is 0.242 e. The second kappa shape index (κ2) is 5.27. The molecule has 2 saturated heterocycles. The first kappa shape index (κ1) is 11.3. The van der Waals surface area contributed by atoms with Gasteiger partial charge in [0.05, 0.1) is 13.2 Å². The standard InChI is InChI=1S/C10H17N3O3/c14-8-12-2-4-13(5-3-12)10(15)9-7-16-6-1-11-9/h8-9,11H,1-7H2/t9-/m1/s1. The molecule has 16 heavy (non-hydrogen) atoms. The van der Waals surface area contributed by atoms with Crippen molar-refractivity contribution < 1.29 is 14.3 Å². The van der Waals surface area contributed by atoms with E-state index in [1.807, 2.05) is 0 Å². The first-order chi connectivity index (χ1) is 7.81. The molecule has 0 aromatic carbocycles. The van der Waals surface area contributed by atoms with Gasteiger partial charge in [-0.25, -0.2) is 0 Å². The van der Waals surface area contributed by atoms with Crippen molar-refractivity contribution in [2.75, 3.05) is 45.9 Å². The van der Waals surface area contributed by atoms with Crippen molar-refractivity contribution in [2.24, 2.45) is 0 Å². The molecular formula is C10H17N3O3. The minimum absolute atomic E-state index is 0.0882. The molecule has 2 heterocycles. The number of piperazine rings is 1. The fourth-order valence-electron chi connectivity index (χ4n) is 1.99. The summed E-state index contributed by atoms with van der Waals surface area (Å²) < 4.78 is 5.26. The quantitative estimate of drug-likeness (QED) is 0.570. The molecule has 2 rings (SSSR count). The zero-order valence-corrected chi connectivity index (χ0v) is 9.22. The third-order valence-corrected chi connectivity index (χ3v) is 2.99. The number of hydrogen-bond donors (Lipinski definition) is 1. The Hall–Kier alpha value is -1.14. The lowest BCUT2D eigenvalue weighted by molar-refractivity contribution is -0.139. The Morgan fingerprint density at radius 1 is 1.31 bits per heavy atom. The third-order valence-electron chi connectivity index (χ3n) is 2.99. The SMILES string of the molecule is O=CN1CCN(C(=O)[C@H]2COCCN2)CC1. The maximum Gasteiger partial charge on any atom is 0.242 e. The van der Waals surface area contributed by atoms with E-state index in [9.17, 15) is 9.59 Å². The molecule has 6 heteroatoms. The van der Waals surface area contributed by atoms with E-state index in [-0.39, 0.29) is 11.9 Å². The van der Waals surface area contributed by atoms with Crippen molar-refractivity contribution in [1.29, 1.82) is 0 Å². The molecule has 2 aliphatic rings. The highest BCUT2D eigenvalue weighted by Gasteiger charge is 2.28. The predicted octanol–water partition coefficient (Wildman–Crippen LogP) is -1.72. The Kier molecular flexibility index (Phi) is 3.74. The summed E-state index contributed by atoms with van der Waals surface area (Å²) >= 11 is 0. The average Bonchev–Trinajstić information content (AvgIpc) is 2.39. The molecule has 0 unspecified atom stereocenters. The van der Waals surface area contributed by atoms with Gasteiger partial charge in [0.25, 0.3) is 0 Å². The van der Waals surface area contributed by atoms with E-state index in [0.717, 1.165) is 13.0 Å². The summed E-state index contributed by atoms with van der Waals surface area (Å²) in [6.07, 6.45) is 0.837. The van der Waals surface area contributed by atoms with Crippen LogP contribution >= 0.6 is 0 Å². The lowest BCUT2D eigenvalue weighted by Crippen LogP contribution is -2.56. The summed E-state index contributed by atoms with van der Waals surface area (Å²) in [5.41, 5.74) is 0. The molecule has 0 aromatic rings. The Balaban J connectivity index is 1.83. The van der Waals surface area contributed by atoms with Crippen LogP contribution in [0.3, 0.4) is 0 Å². The number of rotatable bonds is 2. The van der Waals surface area contributed by atoms with Crippen molar-refractivity contribution in [3.05, 3.63) is 0 Å². The van der Waals surface area contributed by atoms with Crippen LogP contribution in [0.1, 0.15) is 0 Å². The topological polar surface area (TPSA) is 61.9 Å². The largest absolute Gasteiger partial charge is 0.378 e. The second-order valence-corrected chi connectivity index (χ2v) is 4.05. The maximum atomic E-state index is 12.0. The first-order valence-electron chi connectivity index (χ1n) is 5.60. The van der Waals surface area contributed by atoms with Gasteiger partial charge in [-0.05, 0) is 0 Å².